The summed E-state index contributed by atoms with van der Waals surface area (Å²) < 4.78 is 0.728. The van der Waals surface area contributed by atoms with Gasteiger partial charge in [-0.15, -0.1) is 11.3 Å². The fourth-order valence-corrected chi connectivity index (χ4v) is 2.36. The van der Waals surface area contributed by atoms with E-state index in [1.807, 2.05) is 17.5 Å². The van der Waals surface area contributed by atoms with E-state index >= 15 is 0 Å². The number of nitrogens with two attached hydrogens (primary N) is 1. The minimum absolute atomic E-state index is 0.237. The summed E-state index contributed by atoms with van der Waals surface area (Å²) in [6, 6.07) is 4.78. The molecule has 88 valence electrons. The van der Waals surface area contributed by atoms with E-state index in [9.17, 15) is 4.79 Å². The van der Waals surface area contributed by atoms with Crippen molar-refractivity contribution in [2.45, 2.75) is 6.04 Å². The van der Waals surface area contributed by atoms with Crippen LogP contribution in [0.3, 0.4) is 0 Å². The van der Waals surface area contributed by atoms with Crippen LogP contribution in [0.4, 0.5) is 5.69 Å². The SMILES string of the molecule is NC(C(=O)Nc1ccncc1Br)c1cccs1. The van der Waals surface area contributed by atoms with Crippen molar-refractivity contribution in [3.8, 4) is 0 Å². The molecule has 17 heavy (non-hydrogen) atoms. The lowest BCUT2D eigenvalue weighted by Crippen LogP contribution is -2.27. The van der Waals surface area contributed by atoms with Gasteiger partial charge in [0.1, 0.15) is 6.04 Å². The normalized spacial score (nSPS) is 12.1. The van der Waals surface area contributed by atoms with Gasteiger partial charge in [-0.3, -0.25) is 9.78 Å². The number of halogens is 1. The first-order chi connectivity index (χ1) is 8.18. The van der Waals surface area contributed by atoms with Crippen LogP contribution in [-0.2, 0) is 4.79 Å². The Balaban J connectivity index is 2.10. The maximum atomic E-state index is 11.9. The van der Waals surface area contributed by atoms with Crippen LogP contribution in [0.25, 0.3) is 0 Å². The Morgan fingerprint density at radius 3 is 3.00 bits per heavy atom. The van der Waals surface area contributed by atoms with Crippen LogP contribution in [0, 0.1) is 0 Å². The smallest absolute Gasteiger partial charge is 0.246 e. The summed E-state index contributed by atoms with van der Waals surface area (Å²) in [4.78, 5) is 16.7. The second kappa shape index (κ2) is 5.39. The molecule has 0 saturated carbocycles. The number of nitrogens with one attached hydrogen (secondary N) is 1. The van der Waals surface area contributed by atoms with Crippen molar-refractivity contribution >= 4 is 38.9 Å². The number of aromatic nitrogens is 1. The number of carbonyl (C=O) groups excluding carboxylic acids is 1. The quantitative estimate of drug-likeness (QED) is 0.915. The molecule has 1 atom stereocenters. The van der Waals surface area contributed by atoms with Crippen molar-refractivity contribution in [2.24, 2.45) is 5.73 Å². The van der Waals surface area contributed by atoms with E-state index in [0.29, 0.717) is 5.69 Å². The van der Waals surface area contributed by atoms with Gasteiger partial charge in [-0.1, -0.05) is 6.07 Å². The molecule has 0 aliphatic carbocycles. The molecule has 0 saturated heterocycles. The molecular formula is C11H10BrN3OS. The van der Waals surface area contributed by atoms with Crippen molar-refractivity contribution in [2.75, 3.05) is 5.32 Å². The van der Waals surface area contributed by atoms with Gasteiger partial charge < -0.3 is 11.1 Å². The number of pyridine rings is 1. The van der Waals surface area contributed by atoms with Gasteiger partial charge in [0.25, 0.3) is 0 Å². The number of thiophene rings is 1. The molecule has 0 aromatic carbocycles. The highest BCUT2D eigenvalue weighted by atomic mass is 79.9. The maximum Gasteiger partial charge on any atom is 0.246 e. The maximum absolute atomic E-state index is 11.9. The summed E-state index contributed by atoms with van der Waals surface area (Å²) in [6.45, 7) is 0. The zero-order chi connectivity index (χ0) is 12.3. The van der Waals surface area contributed by atoms with E-state index in [1.165, 1.54) is 11.3 Å². The monoisotopic (exact) mass is 311 g/mol. The van der Waals surface area contributed by atoms with E-state index < -0.39 is 6.04 Å². The second-order valence-corrected chi connectivity index (χ2v) is 5.17. The molecule has 1 unspecified atom stereocenters. The molecule has 0 aliphatic heterocycles. The average molecular weight is 312 g/mol. The standard InChI is InChI=1S/C11H10BrN3OS/c12-7-6-14-4-3-8(7)15-11(16)10(13)9-2-1-5-17-9/h1-6,10H,13H2,(H,14,15,16). The number of hydrogen-bond donors (Lipinski definition) is 2. The molecule has 2 aromatic rings. The zero-order valence-electron chi connectivity index (χ0n) is 8.76. The predicted octanol–water partition coefficient (Wildman–Crippen LogP) is 2.54. The third kappa shape index (κ3) is 2.91. The van der Waals surface area contributed by atoms with Crippen molar-refractivity contribution in [1.82, 2.24) is 4.98 Å². The highest BCUT2D eigenvalue weighted by Crippen LogP contribution is 2.23. The Bertz CT molecular complexity index is 515. The van der Waals surface area contributed by atoms with Gasteiger partial charge in [0.2, 0.25) is 5.91 Å². The first kappa shape index (κ1) is 12.2. The van der Waals surface area contributed by atoms with E-state index in [2.05, 4.69) is 26.2 Å². The van der Waals surface area contributed by atoms with Crippen LogP contribution in [0.2, 0.25) is 0 Å². The van der Waals surface area contributed by atoms with Crippen molar-refractivity contribution in [3.63, 3.8) is 0 Å². The summed E-state index contributed by atoms with van der Waals surface area (Å²) >= 11 is 4.77. The predicted molar refractivity (Wildman–Crippen MR) is 71.8 cm³/mol. The highest BCUT2D eigenvalue weighted by Gasteiger charge is 2.17. The summed E-state index contributed by atoms with van der Waals surface area (Å²) in [5, 5.41) is 4.65. The minimum atomic E-state index is -0.643. The van der Waals surface area contributed by atoms with Crippen LogP contribution in [0.15, 0.2) is 40.4 Å². The van der Waals surface area contributed by atoms with Gasteiger partial charge in [-0.05, 0) is 33.4 Å². The van der Waals surface area contributed by atoms with Crippen molar-refractivity contribution in [3.05, 3.63) is 45.3 Å². The van der Waals surface area contributed by atoms with Crippen molar-refractivity contribution in [1.29, 1.82) is 0 Å². The lowest BCUT2D eigenvalue weighted by Gasteiger charge is -2.11. The molecule has 2 rings (SSSR count). The first-order valence-electron chi connectivity index (χ1n) is 4.88. The van der Waals surface area contributed by atoms with Gasteiger partial charge in [-0.25, -0.2) is 0 Å². The number of amides is 1. The molecule has 2 aromatic heterocycles. The molecule has 0 fully saturated rings. The highest BCUT2D eigenvalue weighted by molar-refractivity contribution is 9.10. The Kier molecular flexibility index (Phi) is 3.88. The molecule has 3 N–H and O–H groups in total. The molecule has 4 nitrogen and oxygen atoms in total. The van der Waals surface area contributed by atoms with Crippen molar-refractivity contribution < 1.29 is 4.79 Å². The number of rotatable bonds is 3. The average Bonchev–Trinajstić information content (AvgIpc) is 2.84. The van der Waals surface area contributed by atoms with E-state index in [4.69, 9.17) is 5.73 Å². The van der Waals surface area contributed by atoms with Crippen LogP contribution < -0.4 is 11.1 Å². The van der Waals surface area contributed by atoms with Gasteiger partial charge in [-0.2, -0.15) is 0 Å². The largest absolute Gasteiger partial charge is 0.323 e. The summed E-state index contributed by atoms with van der Waals surface area (Å²) in [6.07, 6.45) is 3.23. The first-order valence-corrected chi connectivity index (χ1v) is 6.55. The lowest BCUT2D eigenvalue weighted by atomic mass is 10.2. The third-order valence-electron chi connectivity index (χ3n) is 2.16. The molecule has 0 radical (unpaired) electrons. The van der Waals surface area contributed by atoms with E-state index in [0.717, 1.165) is 9.35 Å². The number of anilines is 1. The van der Waals surface area contributed by atoms with Crippen LogP contribution in [0.5, 0.6) is 0 Å². The summed E-state index contributed by atoms with van der Waals surface area (Å²) in [5.41, 5.74) is 6.51. The Hall–Kier alpha value is -1.24. The van der Waals surface area contributed by atoms with Gasteiger partial charge in [0, 0.05) is 17.3 Å². The van der Waals surface area contributed by atoms with E-state index in [1.54, 1.807) is 18.5 Å². The number of carbonyl (C=O) groups is 1. The lowest BCUT2D eigenvalue weighted by molar-refractivity contribution is -0.117. The molecule has 0 spiro atoms. The molecule has 6 heteroatoms. The van der Waals surface area contributed by atoms with Gasteiger partial charge >= 0.3 is 0 Å². The summed E-state index contributed by atoms with van der Waals surface area (Å²) in [7, 11) is 0. The van der Waals surface area contributed by atoms with Gasteiger partial charge in [0.05, 0.1) is 10.2 Å². The fraction of sp³-hybridized carbons (Fsp3) is 0.0909. The molecule has 2 heterocycles. The second-order valence-electron chi connectivity index (χ2n) is 3.34. The molecule has 1 amide bonds. The number of nitrogens with zero attached hydrogens (tertiary/aromatic N) is 1. The Morgan fingerprint density at radius 2 is 2.35 bits per heavy atom. The topological polar surface area (TPSA) is 68.0 Å². The van der Waals surface area contributed by atoms with Crippen LogP contribution in [-0.4, -0.2) is 10.9 Å². The third-order valence-corrected chi connectivity index (χ3v) is 3.75. The zero-order valence-corrected chi connectivity index (χ0v) is 11.2. The molecular weight excluding hydrogens is 302 g/mol. The molecule has 0 bridgehead atoms. The van der Waals surface area contributed by atoms with Crippen LogP contribution >= 0.6 is 27.3 Å². The summed E-state index contributed by atoms with van der Waals surface area (Å²) in [5.74, 6) is -0.237. The minimum Gasteiger partial charge on any atom is -0.323 e. The Morgan fingerprint density at radius 1 is 1.53 bits per heavy atom. The van der Waals surface area contributed by atoms with Gasteiger partial charge in [0.15, 0.2) is 0 Å². The number of hydrogen-bond acceptors (Lipinski definition) is 4. The van der Waals surface area contributed by atoms with Crippen LogP contribution in [0.1, 0.15) is 10.9 Å². The fourth-order valence-electron chi connectivity index (χ4n) is 1.28. The Labute approximate surface area is 111 Å². The van der Waals surface area contributed by atoms with E-state index in [-0.39, 0.29) is 5.91 Å². The molecule has 0 aliphatic rings.